The van der Waals surface area contributed by atoms with Crippen LogP contribution in [0.15, 0.2) is 155 Å². The van der Waals surface area contributed by atoms with Crippen molar-refractivity contribution in [2.24, 2.45) is 0 Å². The van der Waals surface area contributed by atoms with E-state index < -0.39 is 0 Å². The number of carbonyl (C=O) groups excluding carboxylic acids is 2. The lowest BCUT2D eigenvalue weighted by molar-refractivity contribution is -0.497. The smallest absolute Gasteiger partial charge is 0.201 e. The molecule has 10 heteroatoms. The third-order valence-corrected chi connectivity index (χ3v) is 13.4. The second kappa shape index (κ2) is 24.6. The SMILES string of the molecule is CCCCN(CCCC)c1ccc(C2=C(O)C(=C3C=CC(=[N+](C)CCOc4ccccc4OCC[N+](C)=C4C=CC(=C5C(=O)C(c6ccc(N(CCCC)CCCC)cc6)=C5O)C=C4)C=C3)C2=O)cc1. The molecule has 0 heterocycles. The highest BCUT2D eigenvalue weighted by Crippen LogP contribution is 2.41. The van der Waals surface area contributed by atoms with Gasteiger partial charge in [0, 0.05) is 61.9 Å². The number of anilines is 2. The monoisotopic (exact) mass is 945 g/mol. The molecule has 3 aromatic carbocycles. The molecular weight excluding hydrogens is 873 g/mol. The molecule has 0 unspecified atom stereocenters. The summed E-state index contributed by atoms with van der Waals surface area (Å²) in [5.41, 5.74) is 8.51. The van der Waals surface area contributed by atoms with E-state index >= 15 is 0 Å². The highest BCUT2D eigenvalue weighted by Gasteiger charge is 2.38. The fourth-order valence-electron chi connectivity index (χ4n) is 8.99. The minimum absolute atomic E-state index is 0.0441. The van der Waals surface area contributed by atoms with E-state index in [0.29, 0.717) is 71.2 Å². The van der Waals surface area contributed by atoms with Crippen LogP contribution < -0.4 is 19.3 Å². The molecule has 70 heavy (non-hydrogen) atoms. The van der Waals surface area contributed by atoms with Crippen LogP contribution in [0.4, 0.5) is 11.4 Å². The van der Waals surface area contributed by atoms with Crippen LogP contribution >= 0.6 is 0 Å². The zero-order valence-electron chi connectivity index (χ0n) is 42.2. The number of nitrogens with zero attached hydrogens (tertiary/aromatic N) is 4. The summed E-state index contributed by atoms with van der Waals surface area (Å²) < 4.78 is 16.6. The molecular formula is C60H72N4O6+2. The van der Waals surface area contributed by atoms with Crippen molar-refractivity contribution in [2.75, 3.05) is 76.4 Å². The summed E-state index contributed by atoms with van der Waals surface area (Å²) in [6.45, 7) is 14.9. The maximum Gasteiger partial charge on any atom is 0.201 e. The maximum absolute atomic E-state index is 13.4. The van der Waals surface area contributed by atoms with E-state index in [0.717, 1.165) is 111 Å². The average Bonchev–Trinajstić information content (AvgIpc) is 3.38. The predicted octanol–water partition coefficient (Wildman–Crippen LogP) is 11.4. The quantitative estimate of drug-likeness (QED) is 0.0676. The molecule has 3 aromatic rings. The van der Waals surface area contributed by atoms with Gasteiger partial charge in [-0.3, -0.25) is 9.59 Å². The Kier molecular flexibility index (Phi) is 17.9. The Hall–Kier alpha value is -6.94. The van der Waals surface area contributed by atoms with E-state index in [9.17, 15) is 19.8 Å². The molecule has 7 rings (SSSR count). The van der Waals surface area contributed by atoms with Crippen LogP contribution in [-0.2, 0) is 9.59 Å². The van der Waals surface area contributed by atoms with Crippen molar-refractivity contribution in [3.8, 4) is 11.5 Å². The van der Waals surface area contributed by atoms with Gasteiger partial charge in [-0.05, 0) is 109 Å². The Morgan fingerprint density at radius 3 is 1.09 bits per heavy atom. The summed E-state index contributed by atoms with van der Waals surface area (Å²) in [5.74, 6) is 1.11. The number of rotatable bonds is 24. The van der Waals surface area contributed by atoms with Crippen molar-refractivity contribution in [3.63, 3.8) is 0 Å². The Bertz CT molecular complexity index is 2480. The van der Waals surface area contributed by atoms with Crippen molar-refractivity contribution >= 4 is 45.5 Å². The van der Waals surface area contributed by atoms with Crippen LogP contribution in [0.2, 0.25) is 0 Å². The van der Waals surface area contributed by atoms with Gasteiger partial charge in [-0.1, -0.05) is 89.8 Å². The second-order valence-electron chi connectivity index (χ2n) is 18.4. The number of hydrogen-bond donors (Lipinski definition) is 2. The lowest BCUT2D eigenvalue weighted by Gasteiger charge is -2.26. The van der Waals surface area contributed by atoms with Crippen LogP contribution in [0.3, 0.4) is 0 Å². The predicted molar refractivity (Wildman–Crippen MR) is 286 cm³/mol. The number of aliphatic hydroxyl groups is 2. The highest BCUT2D eigenvalue weighted by molar-refractivity contribution is 6.40. The molecule has 4 aliphatic rings. The van der Waals surface area contributed by atoms with E-state index in [1.165, 1.54) is 0 Å². The van der Waals surface area contributed by atoms with Crippen LogP contribution in [0.1, 0.15) is 90.2 Å². The first-order chi connectivity index (χ1) is 34.1. The maximum atomic E-state index is 13.4. The Morgan fingerprint density at radius 1 is 0.457 bits per heavy atom. The number of carbonyl (C=O) groups is 2. The number of aliphatic hydroxyl groups excluding tert-OH is 2. The molecule has 2 N–H and O–H groups in total. The molecule has 0 aromatic heterocycles. The number of benzene rings is 3. The molecule has 10 nitrogen and oxygen atoms in total. The van der Waals surface area contributed by atoms with E-state index in [4.69, 9.17) is 9.47 Å². The van der Waals surface area contributed by atoms with E-state index in [-0.39, 0.29) is 23.1 Å². The molecule has 0 aliphatic heterocycles. The lowest BCUT2D eigenvalue weighted by Crippen LogP contribution is -2.26. The Morgan fingerprint density at radius 2 is 0.786 bits per heavy atom. The summed E-state index contributed by atoms with van der Waals surface area (Å²) in [6.07, 6.45) is 24.4. The van der Waals surface area contributed by atoms with Gasteiger partial charge in [0.05, 0.1) is 22.3 Å². The van der Waals surface area contributed by atoms with Crippen LogP contribution in [0, 0.1) is 0 Å². The molecule has 0 atom stereocenters. The summed E-state index contributed by atoms with van der Waals surface area (Å²) >= 11 is 0. The Balaban J connectivity index is 0.896. The number of Topliss-reactive ketones (excluding diaryl/α,β-unsaturated/α-hetero) is 2. The molecule has 4 aliphatic carbocycles. The lowest BCUT2D eigenvalue weighted by atomic mass is 9.80. The second-order valence-corrected chi connectivity index (χ2v) is 18.4. The largest absolute Gasteiger partial charge is 0.506 e. The molecule has 0 fully saturated rings. The molecule has 0 bridgehead atoms. The topological polar surface area (TPSA) is 106 Å². The molecule has 0 radical (unpaired) electrons. The number of unbranched alkanes of at least 4 members (excludes halogenated alkanes) is 4. The van der Waals surface area contributed by atoms with Gasteiger partial charge in [-0.25, -0.2) is 9.15 Å². The number of para-hydroxylation sites is 2. The van der Waals surface area contributed by atoms with Gasteiger partial charge >= 0.3 is 0 Å². The van der Waals surface area contributed by atoms with E-state index in [2.05, 4.69) is 70.9 Å². The van der Waals surface area contributed by atoms with Crippen molar-refractivity contribution in [3.05, 3.63) is 166 Å². The van der Waals surface area contributed by atoms with Gasteiger partial charge in [0.15, 0.2) is 36.0 Å². The molecule has 366 valence electrons. The zero-order valence-corrected chi connectivity index (χ0v) is 42.2. The first-order valence-electron chi connectivity index (χ1n) is 25.5. The first-order valence-corrected chi connectivity index (χ1v) is 25.5. The zero-order chi connectivity index (χ0) is 49.6. The third kappa shape index (κ3) is 11.9. The van der Waals surface area contributed by atoms with Crippen molar-refractivity contribution in [1.82, 2.24) is 0 Å². The average molecular weight is 945 g/mol. The summed E-state index contributed by atoms with van der Waals surface area (Å²) in [6, 6.07) is 23.7. The van der Waals surface area contributed by atoms with E-state index in [1.807, 2.05) is 111 Å². The van der Waals surface area contributed by atoms with Gasteiger partial charge in [0.25, 0.3) is 0 Å². The van der Waals surface area contributed by atoms with Crippen LogP contribution in [0.25, 0.3) is 11.1 Å². The summed E-state index contributed by atoms with van der Waals surface area (Å²) in [4.78, 5) is 31.6. The van der Waals surface area contributed by atoms with Crippen molar-refractivity contribution in [2.45, 2.75) is 79.1 Å². The standard InChI is InChI=1S/C60H70N4O6/c1-7-11-35-63(36-12-8-2)49-31-23-45(24-32-49)55-57(65)53(58(55)66)43-19-27-47(28-20-43)61(5)39-41-69-51-17-15-16-18-52(51)70-42-40-62(6)48-29-21-44(22-30-48)54-59(67)56(60(54)68)46-25-33-50(34-26-46)64(37-13-9-3)38-14-10-4/h15-34H,7-14,35-42H2,1-6H3/p+2. The fraction of sp³-hybridized carbons (Fsp3) is 0.367. The van der Waals surface area contributed by atoms with Gasteiger partial charge in [0.1, 0.15) is 38.8 Å². The number of hydrogen-bond acceptors (Lipinski definition) is 8. The molecule has 0 spiro atoms. The normalized spacial score (nSPS) is 15.3. The van der Waals surface area contributed by atoms with Gasteiger partial charge in [-0.15, -0.1) is 0 Å². The fourth-order valence-corrected chi connectivity index (χ4v) is 8.99. The molecule has 0 saturated heterocycles. The number of likely N-dealkylation sites (N-methyl/N-ethyl adjacent to an activating group) is 2. The third-order valence-electron chi connectivity index (χ3n) is 13.4. The minimum Gasteiger partial charge on any atom is -0.506 e. The Labute approximate surface area is 415 Å². The number of ether oxygens (including phenoxy) is 2. The van der Waals surface area contributed by atoms with Crippen molar-refractivity contribution < 1.29 is 38.4 Å². The molecule has 0 amide bonds. The van der Waals surface area contributed by atoms with Gasteiger partial charge in [0.2, 0.25) is 11.6 Å². The minimum atomic E-state index is -0.143. The summed E-state index contributed by atoms with van der Waals surface area (Å²) in [5, 5.41) is 22.2. The first kappa shape index (κ1) is 50.9. The highest BCUT2D eigenvalue weighted by atomic mass is 16.5. The molecule has 0 saturated carbocycles. The van der Waals surface area contributed by atoms with Gasteiger partial charge < -0.3 is 29.5 Å². The van der Waals surface area contributed by atoms with Crippen LogP contribution in [-0.4, -0.2) is 109 Å². The summed E-state index contributed by atoms with van der Waals surface area (Å²) in [7, 11) is 3.98. The van der Waals surface area contributed by atoms with Gasteiger partial charge in [-0.2, -0.15) is 0 Å². The van der Waals surface area contributed by atoms with Crippen LogP contribution in [0.5, 0.6) is 11.5 Å². The van der Waals surface area contributed by atoms with E-state index in [1.54, 1.807) is 0 Å². The number of allylic oxidation sites excluding steroid dienone is 14. The number of ketones is 2. The van der Waals surface area contributed by atoms with Crippen molar-refractivity contribution in [1.29, 1.82) is 0 Å².